The Kier molecular flexibility index (Phi) is 6.39. The van der Waals surface area contributed by atoms with Crippen LogP contribution in [0.3, 0.4) is 0 Å². The van der Waals surface area contributed by atoms with Gasteiger partial charge in [0, 0.05) is 18.2 Å². The Morgan fingerprint density at radius 3 is 2.57 bits per heavy atom. The van der Waals surface area contributed by atoms with Gasteiger partial charge in [0.25, 0.3) is 5.91 Å². The van der Waals surface area contributed by atoms with E-state index in [1.165, 1.54) is 30.4 Å². The van der Waals surface area contributed by atoms with Gasteiger partial charge in [-0.1, -0.05) is 11.3 Å². The fourth-order valence-electron chi connectivity index (χ4n) is 2.77. The number of thiazole rings is 1. The van der Waals surface area contributed by atoms with Crippen LogP contribution in [0.1, 0.15) is 29.8 Å². The lowest BCUT2D eigenvalue weighted by molar-refractivity contribution is -0.143. The summed E-state index contributed by atoms with van der Waals surface area (Å²) in [6, 6.07) is 13.4. The third kappa shape index (κ3) is 4.79. The number of carbonyl (C=O) groups is 3. The molecule has 1 N–H and O–H groups in total. The number of rotatable bonds is 5. The molecule has 0 saturated heterocycles. The van der Waals surface area contributed by atoms with Gasteiger partial charge in [0.05, 0.1) is 28.5 Å². The van der Waals surface area contributed by atoms with Gasteiger partial charge in [-0.05, 0) is 49.4 Å². The van der Waals surface area contributed by atoms with E-state index in [2.05, 4.69) is 10.3 Å². The first-order valence-electron chi connectivity index (χ1n) is 9.07. The molecule has 9 heteroatoms. The largest absolute Gasteiger partial charge is 0.465 e. The van der Waals surface area contributed by atoms with Gasteiger partial charge in [-0.2, -0.15) is 10.3 Å². The summed E-state index contributed by atoms with van der Waals surface area (Å²) in [5, 5.41) is 11.6. The Morgan fingerprint density at radius 1 is 1.20 bits per heavy atom. The van der Waals surface area contributed by atoms with Crippen LogP contribution >= 0.6 is 11.3 Å². The summed E-state index contributed by atoms with van der Waals surface area (Å²) in [7, 11) is 0. The van der Waals surface area contributed by atoms with Gasteiger partial charge in [0.15, 0.2) is 4.80 Å². The average Bonchev–Trinajstić information content (AvgIpc) is 3.03. The Balaban J connectivity index is 2.08. The van der Waals surface area contributed by atoms with Gasteiger partial charge in [-0.25, -0.2) is 0 Å². The minimum atomic E-state index is -0.495. The highest BCUT2D eigenvalue weighted by molar-refractivity contribution is 7.16. The molecule has 0 saturated carbocycles. The lowest BCUT2D eigenvalue weighted by Gasteiger charge is -2.06. The van der Waals surface area contributed by atoms with Gasteiger partial charge >= 0.3 is 5.97 Å². The monoisotopic (exact) mass is 422 g/mol. The van der Waals surface area contributed by atoms with Crippen LogP contribution in [0, 0.1) is 11.3 Å². The number of anilines is 1. The van der Waals surface area contributed by atoms with Crippen LogP contribution in [-0.2, 0) is 20.9 Å². The number of nitrogens with zero attached hydrogens (tertiary/aromatic N) is 3. The highest BCUT2D eigenvalue weighted by Gasteiger charge is 2.14. The Labute approximate surface area is 176 Å². The van der Waals surface area contributed by atoms with Crippen LogP contribution in [-0.4, -0.2) is 29.0 Å². The van der Waals surface area contributed by atoms with Crippen molar-refractivity contribution in [2.75, 3.05) is 11.9 Å². The van der Waals surface area contributed by atoms with E-state index in [-0.39, 0.29) is 19.1 Å². The van der Waals surface area contributed by atoms with E-state index in [0.29, 0.717) is 27.1 Å². The van der Waals surface area contributed by atoms with Crippen LogP contribution in [0.2, 0.25) is 0 Å². The third-order valence-electron chi connectivity index (χ3n) is 4.05. The molecule has 0 aliphatic carbocycles. The van der Waals surface area contributed by atoms with Crippen molar-refractivity contribution in [2.24, 2.45) is 4.99 Å². The molecule has 8 nitrogen and oxygen atoms in total. The topological polar surface area (TPSA) is 114 Å². The Morgan fingerprint density at radius 2 is 1.93 bits per heavy atom. The second-order valence-electron chi connectivity index (χ2n) is 6.25. The predicted molar refractivity (Wildman–Crippen MR) is 112 cm³/mol. The van der Waals surface area contributed by atoms with E-state index in [0.717, 1.165) is 4.70 Å². The van der Waals surface area contributed by atoms with Crippen molar-refractivity contribution in [3.63, 3.8) is 0 Å². The lowest BCUT2D eigenvalue weighted by atomic mass is 10.1. The van der Waals surface area contributed by atoms with Crippen LogP contribution in [0.5, 0.6) is 0 Å². The van der Waals surface area contributed by atoms with Gasteiger partial charge in [0.1, 0.15) is 6.54 Å². The zero-order valence-electron chi connectivity index (χ0n) is 16.3. The molecular weight excluding hydrogens is 404 g/mol. The van der Waals surface area contributed by atoms with Crippen molar-refractivity contribution in [2.45, 2.75) is 20.4 Å². The number of hydrogen-bond donors (Lipinski definition) is 1. The number of nitrogens with one attached hydrogen (secondary N) is 1. The molecule has 30 heavy (non-hydrogen) atoms. The second-order valence-corrected chi connectivity index (χ2v) is 7.25. The number of esters is 1. The van der Waals surface area contributed by atoms with Gasteiger partial charge in [0.2, 0.25) is 5.91 Å². The molecule has 0 aliphatic rings. The molecule has 152 valence electrons. The van der Waals surface area contributed by atoms with Crippen molar-refractivity contribution < 1.29 is 19.1 Å². The molecule has 0 aliphatic heterocycles. The number of amides is 2. The fourth-order valence-corrected chi connectivity index (χ4v) is 3.83. The highest BCUT2D eigenvalue weighted by atomic mass is 32.1. The molecule has 0 unspecified atom stereocenters. The summed E-state index contributed by atoms with van der Waals surface area (Å²) in [5.41, 5.74) is 2.06. The van der Waals surface area contributed by atoms with Crippen LogP contribution < -0.4 is 10.1 Å². The number of aromatic nitrogens is 1. The SMILES string of the molecule is CCOC(=O)Cn1c(=NC(=O)c2ccc(C#N)cc2)sc2cc(NC(C)=O)ccc21. The minimum Gasteiger partial charge on any atom is -0.465 e. The summed E-state index contributed by atoms with van der Waals surface area (Å²) >= 11 is 1.22. The quantitative estimate of drug-likeness (QED) is 0.635. The van der Waals surface area contributed by atoms with E-state index >= 15 is 0 Å². The number of ether oxygens (including phenoxy) is 1. The molecule has 2 aromatic carbocycles. The maximum atomic E-state index is 12.6. The van der Waals surface area contributed by atoms with E-state index in [4.69, 9.17) is 10.00 Å². The highest BCUT2D eigenvalue weighted by Crippen LogP contribution is 2.22. The molecule has 0 radical (unpaired) electrons. The first-order valence-corrected chi connectivity index (χ1v) is 9.88. The second kappa shape index (κ2) is 9.15. The Hall–Kier alpha value is -3.77. The molecule has 3 rings (SSSR count). The fraction of sp³-hybridized carbons (Fsp3) is 0.190. The summed E-state index contributed by atoms with van der Waals surface area (Å²) in [4.78, 5) is 40.6. The van der Waals surface area contributed by atoms with E-state index in [1.807, 2.05) is 6.07 Å². The van der Waals surface area contributed by atoms with Crippen molar-refractivity contribution in [3.05, 3.63) is 58.4 Å². The zero-order chi connectivity index (χ0) is 21.7. The first kappa shape index (κ1) is 21.0. The summed E-state index contributed by atoms with van der Waals surface area (Å²) in [6.07, 6.45) is 0. The van der Waals surface area contributed by atoms with Crippen LogP contribution in [0.4, 0.5) is 5.69 Å². The maximum absolute atomic E-state index is 12.6. The van der Waals surface area contributed by atoms with Crippen molar-refractivity contribution in [1.29, 1.82) is 5.26 Å². The maximum Gasteiger partial charge on any atom is 0.326 e. The molecule has 1 heterocycles. The average molecular weight is 422 g/mol. The van der Waals surface area contributed by atoms with Gasteiger partial charge in [-0.3, -0.25) is 14.4 Å². The van der Waals surface area contributed by atoms with Crippen molar-refractivity contribution >= 4 is 45.0 Å². The minimum absolute atomic E-state index is 0.104. The predicted octanol–water partition coefficient (Wildman–Crippen LogP) is 2.84. The number of fused-ring (bicyclic) bond motifs is 1. The molecule has 2 amide bonds. The molecule has 3 aromatic rings. The molecule has 1 aromatic heterocycles. The van der Waals surface area contributed by atoms with Gasteiger partial charge in [-0.15, -0.1) is 0 Å². The summed E-state index contributed by atoms with van der Waals surface area (Å²) in [5.74, 6) is -1.15. The molecule has 0 bridgehead atoms. The molecule has 0 fully saturated rings. The molecule has 0 spiro atoms. The van der Waals surface area contributed by atoms with Gasteiger partial charge < -0.3 is 14.6 Å². The normalized spacial score (nSPS) is 11.2. The zero-order valence-corrected chi connectivity index (χ0v) is 17.2. The van der Waals surface area contributed by atoms with Crippen LogP contribution in [0.25, 0.3) is 10.2 Å². The van der Waals surface area contributed by atoms with Crippen molar-refractivity contribution in [3.8, 4) is 6.07 Å². The lowest BCUT2D eigenvalue weighted by Crippen LogP contribution is -2.23. The molecular formula is C21H18N4O4S. The number of nitriles is 1. The number of hydrogen-bond acceptors (Lipinski definition) is 6. The van der Waals surface area contributed by atoms with Crippen molar-refractivity contribution in [1.82, 2.24) is 4.57 Å². The van der Waals surface area contributed by atoms with E-state index in [1.54, 1.807) is 41.8 Å². The van der Waals surface area contributed by atoms with Crippen LogP contribution in [0.15, 0.2) is 47.5 Å². The standard InChI is InChI=1S/C21H18N4O4S/c1-3-29-19(27)12-25-17-9-8-16(23-13(2)26)10-18(17)30-21(25)24-20(28)15-6-4-14(11-22)5-7-15/h4-10H,3,12H2,1-2H3,(H,23,26). The van der Waals surface area contributed by atoms with E-state index in [9.17, 15) is 14.4 Å². The van der Waals surface area contributed by atoms with E-state index < -0.39 is 11.9 Å². The molecule has 0 atom stereocenters. The smallest absolute Gasteiger partial charge is 0.326 e. The summed E-state index contributed by atoms with van der Waals surface area (Å²) < 4.78 is 7.40. The first-order chi connectivity index (χ1) is 14.4. The third-order valence-corrected chi connectivity index (χ3v) is 5.09. The summed E-state index contributed by atoms with van der Waals surface area (Å²) in [6.45, 7) is 3.27. The number of carbonyl (C=O) groups excluding carboxylic acids is 3. The Bertz CT molecular complexity index is 1230. The number of benzene rings is 2.